The van der Waals surface area contributed by atoms with Crippen molar-refractivity contribution in [1.82, 2.24) is 21.0 Å². The number of fused-ring (bicyclic) bond motifs is 2. The summed E-state index contributed by atoms with van der Waals surface area (Å²) in [4.78, 5) is 91.7. The Morgan fingerprint density at radius 2 is 1.57 bits per heavy atom. The number of methoxy groups -OCH3 is 5. The first-order chi connectivity index (χ1) is 51.3. The van der Waals surface area contributed by atoms with E-state index in [2.05, 4.69) is 49.7 Å². The Hall–Kier alpha value is -6.24. The Balaban J connectivity index is 1.01. The molecular weight excluding hydrogens is 1580 g/mol. The van der Waals surface area contributed by atoms with Crippen LogP contribution in [0.3, 0.4) is 0 Å². The fourth-order valence-electron chi connectivity index (χ4n) is 12.7. The van der Waals surface area contributed by atoms with E-state index in [0.29, 0.717) is 45.6 Å². The summed E-state index contributed by atoms with van der Waals surface area (Å²) in [7, 11) is 12.4. The van der Waals surface area contributed by atoms with E-state index in [1.807, 2.05) is 36.4 Å². The fraction of sp³-hybridized carbons (Fsp3) is 0.603. The third-order valence-corrected chi connectivity index (χ3v) is 24.5. The van der Waals surface area contributed by atoms with E-state index in [9.17, 15) is 54.3 Å². The number of ketones is 1. The molecule has 4 amide bonds. The standard InChI is InChI=1S/C73H95IN6O25S3/c1-36-54(62(93-12)66(95-14)63(56(36)74)104-69-61(88)64(94-13)59(86)39(4)101-69)68(89)107-67-40(5)99-53(31-46(67)82)105-79-57-38(3)100-70(65(60(57)87)103-52-32-49(92-11)45(35-98-52)80(10)41(6)81)102-48-21-18-16-17-19-28-73(91)33-47(83)58(76-71(90)96-15)55(48)44(73)27-30-106-108-72(7,8)34-51(85)78-77-37(2)42-23-25-43(26-24-42)97-29-20-22-50(84)75-9/h16-17,23-27,38-40,45-46,48-49,52-53,57,59-61,64-65,67,69-70,79,82,86-88,91H,20,22,29-35H2,1-15H3,(H-,75,76,84,90)/p+1/b17-16-,44-27+/t38?,39?,40?,45?,46?,48-,49?,52?,53?,57?,59?,60?,61?,64?,65?,67?,69?,70?,73?/m1/s1. The molecule has 18 unspecified atom stereocenters. The average molecular weight is 1680 g/mol. The number of hydrogen-bond donors (Lipinski definition) is 8. The number of alkyl carbamates (subject to hydrolysis) is 1. The van der Waals surface area contributed by atoms with Crippen LogP contribution >= 0.6 is 55.9 Å². The second-order valence-corrected chi connectivity index (χ2v) is 32.0. The zero-order chi connectivity index (χ0) is 79.1. The van der Waals surface area contributed by atoms with Crippen LogP contribution in [0.5, 0.6) is 23.0 Å². The number of aliphatic hydroxyl groups is 5. The second-order valence-electron chi connectivity index (χ2n) is 26.7. The van der Waals surface area contributed by atoms with Gasteiger partial charge >= 0.3 is 17.7 Å². The highest BCUT2D eigenvalue weighted by molar-refractivity contribution is 14.1. The predicted molar refractivity (Wildman–Crippen MR) is 402 cm³/mol. The number of aliphatic hydroxyl groups excluding tert-OH is 4. The van der Waals surface area contributed by atoms with E-state index in [0.717, 1.165) is 18.9 Å². The number of likely N-dealkylation sites (N-methyl/N-ethyl adjacent to an activating group) is 1. The molecule has 0 radical (unpaired) electrons. The summed E-state index contributed by atoms with van der Waals surface area (Å²) in [5.74, 6) is 10.7. The van der Waals surface area contributed by atoms with E-state index < -0.39 is 149 Å². The number of nitrogens with zero attached hydrogens (tertiary/aromatic N) is 3. The number of hydroxylamine groups is 1. The van der Waals surface area contributed by atoms with Crippen LogP contribution in [0.4, 0.5) is 4.79 Å². The van der Waals surface area contributed by atoms with Gasteiger partial charge in [-0.15, -0.1) is 0 Å². The molecule has 2 aromatic rings. The van der Waals surface area contributed by atoms with Gasteiger partial charge in [-0.2, -0.15) is 5.48 Å². The van der Waals surface area contributed by atoms with Gasteiger partial charge in [-0.25, -0.2) is 4.79 Å². The number of hydrogen-bond acceptors (Lipinski definition) is 29. The van der Waals surface area contributed by atoms with E-state index in [1.54, 1.807) is 79.1 Å². The molecule has 4 heterocycles. The summed E-state index contributed by atoms with van der Waals surface area (Å²) < 4.78 is 78.0. The van der Waals surface area contributed by atoms with Crippen LogP contribution in [0, 0.1) is 34.2 Å². The minimum absolute atomic E-state index is 0.00381. The Kier molecular flexibility index (Phi) is 32.2. The maximum absolute atomic E-state index is 14.6. The lowest BCUT2D eigenvalue weighted by Crippen LogP contribution is -2.65. The third kappa shape index (κ3) is 21.7. The van der Waals surface area contributed by atoms with Gasteiger partial charge in [0.05, 0.1) is 120 Å². The zero-order valence-electron chi connectivity index (χ0n) is 62.6. The number of ether oxygens (including phenoxy) is 13. The number of carbonyl (C=O) groups is 6. The quantitative estimate of drug-likeness (QED) is 0.00809. The van der Waals surface area contributed by atoms with Crippen molar-refractivity contribution >= 4 is 96.4 Å². The molecule has 2 aliphatic carbocycles. The number of halogens is 1. The van der Waals surface area contributed by atoms with Crippen LogP contribution in [0.2, 0.25) is 0 Å². The summed E-state index contributed by atoms with van der Waals surface area (Å²) in [6.45, 7) is 13.6. The van der Waals surface area contributed by atoms with Crippen LogP contribution in [0.1, 0.15) is 108 Å². The van der Waals surface area contributed by atoms with Crippen molar-refractivity contribution in [3.05, 3.63) is 79.6 Å². The maximum Gasteiger partial charge on any atom is 0.411 e. The van der Waals surface area contributed by atoms with Crippen LogP contribution in [-0.4, -0.2) is 264 Å². The highest BCUT2D eigenvalue weighted by Crippen LogP contribution is 2.49. The van der Waals surface area contributed by atoms with Crippen molar-refractivity contribution in [2.45, 2.75) is 214 Å². The van der Waals surface area contributed by atoms with Crippen molar-refractivity contribution in [3.8, 4) is 46.7 Å². The van der Waals surface area contributed by atoms with Crippen LogP contribution in [0.15, 0.2) is 64.5 Å². The van der Waals surface area contributed by atoms with Crippen LogP contribution in [-0.2, 0) is 66.6 Å². The molecule has 4 saturated heterocycles. The highest BCUT2D eigenvalue weighted by atomic mass is 127. The molecule has 592 valence electrons. The van der Waals surface area contributed by atoms with E-state index in [1.165, 1.54) is 74.0 Å². The van der Waals surface area contributed by atoms with Crippen molar-refractivity contribution < 1.29 is 126 Å². The number of nitrogens with one attached hydrogen (secondary N) is 3. The normalized spacial score (nSPS) is 30.4. The summed E-state index contributed by atoms with van der Waals surface area (Å²) >= 11 is 2.78. The SMILES string of the molecule is CNC(=O)CCCOc1ccc(C(C)=[N+]=NC(=O)CC(C)(C)SSC/C=C2\C3=C(NC(=O)OC)C(=O)CC2(O)C#C/C=C\C#C[C@H]3OC2OC(C)C(NOC3CC(O)C(SC(=O)c4c(C)c(I)c(OC5OC(C)C(O)C(OC)C5O)c(OC)c4OC)C(C)O3)C(O)C2OC2CC(OC)C(N(C)C(C)=O)CO2)cc1. The Bertz CT molecular complexity index is 3860. The van der Waals surface area contributed by atoms with Crippen molar-refractivity contribution in [1.29, 1.82) is 0 Å². The topological polar surface area (TPSA) is 399 Å². The Morgan fingerprint density at radius 1 is 0.870 bits per heavy atom. The molecule has 6 aliphatic rings. The number of carbonyl (C=O) groups excluding carboxylic acids is 6. The van der Waals surface area contributed by atoms with Gasteiger partial charge in [0, 0.05) is 83.1 Å². The summed E-state index contributed by atoms with van der Waals surface area (Å²) in [6.07, 6.45) is -15.1. The van der Waals surface area contributed by atoms with Crippen LogP contribution < -0.4 is 35.1 Å². The second kappa shape index (κ2) is 39.8. The molecular formula is C73H96IN6O25S3+. The molecule has 108 heavy (non-hydrogen) atoms. The van der Waals surface area contributed by atoms with E-state index in [4.69, 9.17) is 66.4 Å². The largest absolute Gasteiger partial charge is 0.494 e. The number of rotatable bonds is 29. The number of allylic oxidation sites excluding steroid dienone is 3. The van der Waals surface area contributed by atoms with Gasteiger partial charge in [0.15, 0.2) is 46.9 Å². The molecule has 0 saturated carbocycles. The molecule has 2 bridgehead atoms. The first-order valence-electron chi connectivity index (χ1n) is 34.7. The zero-order valence-corrected chi connectivity index (χ0v) is 67.3. The van der Waals surface area contributed by atoms with Gasteiger partial charge in [-0.05, 0) is 113 Å². The van der Waals surface area contributed by atoms with Gasteiger partial charge in [0.1, 0.15) is 42.4 Å². The van der Waals surface area contributed by atoms with Crippen molar-refractivity contribution in [3.63, 3.8) is 0 Å². The lowest BCUT2D eigenvalue weighted by atomic mass is 9.75. The molecule has 35 heteroatoms. The summed E-state index contributed by atoms with van der Waals surface area (Å²) in [6, 6.07) is 5.36. The minimum atomic E-state index is -2.23. The molecule has 2 aromatic carbocycles. The minimum Gasteiger partial charge on any atom is -0.494 e. The van der Waals surface area contributed by atoms with E-state index in [-0.39, 0.29) is 83.1 Å². The lowest BCUT2D eigenvalue weighted by molar-refractivity contribution is -0.337. The Labute approximate surface area is 652 Å². The first-order valence-corrected chi connectivity index (χ1v) is 39.0. The summed E-state index contributed by atoms with van der Waals surface area (Å²) in [5, 5.41) is 66.7. The van der Waals surface area contributed by atoms with Crippen LogP contribution in [0.25, 0.3) is 0 Å². The van der Waals surface area contributed by atoms with Gasteiger partial charge in [-0.1, -0.05) is 63.1 Å². The fourth-order valence-corrected chi connectivity index (χ4v) is 16.8. The average Bonchev–Trinajstić information content (AvgIpc) is 0.765. The Morgan fingerprint density at radius 3 is 2.23 bits per heavy atom. The first kappa shape index (κ1) is 87.3. The molecule has 8 N–H and O–H groups in total. The van der Waals surface area contributed by atoms with Crippen molar-refractivity contribution in [2.24, 2.45) is 5.11 Å². The number of thioether (sulfide) groups is 1. The molecule has 0 spiro atoms. The van der Waals surface area contributed by atoms with Gasteiger partial charge in [-0.3, -0.25) is 34.1 Å². The smallest absolute Gasteiger partial charge is 0.411 e. The predicted octanol–water partition coefficient (Wildman–Crippen LogP) is 4.56. The van der Waals surface area contributed by atoms with Gasteiger partial charge in [0.25, 0.3) is 0 Å². The van der Waals surface area contributed by atoms with Gasteiger partial charge < -0.3 is 97.3 Å². The molecule has 31 nitrogen and oxygen atoms in total. The highest BCUT2D eigenvalue weighted by Gasteiger charge is 2.53. The maximum atomic E-state index is 14.6. The lowest BCUT2D eigenvalue weighted by Gasteiger charge is -2.47. The number of amides is 4. The molecule has 8 rings (SSSR count). The van der Waals surface area contributed by atoms with Gasteiger partial charge in [0.2, 0.25) is 29.0 Å². The third-order valence-electron chi connectivity index (χ3n) is 18.7. The number of Topliss-reactive ketones (excluding diaryl/α,β-unsaturated/α-hetero) is 1. The monoisotopic (exact) mass is 1680 g/mol. The molecule has 4 fully saturated rings. The molecule has 19 atom stereocenters. The molecule has 0 aromatic heterocycles. The van der Waals surface area contributed by atoms with E-state index >= 15 is 0 Å². The summed E-state index contributed by atoms with van der Waals surface area (Å²) in [5.41, 5.74) is 1.86. The molecule has 4 aliphatic heterocycles. The number of benzene rings is 2. The van der Waals surface area contributed by atoms with Crippen molar-refractivity contribution in [2.75, 3.05) is 68.6 Å².